The predicted octanol–water partition coefficient (Wildman–Crippen LogP) is 2.28. The van der Waals surface area contributed by atoms with Gasteiger partial charge in [0, 0.05) is 11.9 Å². The molecule has 56 valence electrons. The molecule has 0 aliphatic rings. The van der Waals surface area contributed by atoms with Gasteiger partial charge < -0.3 is 0 Å². The summed E-state index contributed by atoms with van der Waals surface area (Å²) in [5, 5.41) is 0. The van der Waals surface area contributed by atoms with Crippen LogP contribution in [0.15, 0.2) is 36.5 Å². The summed E-state index contributed by atoms with van der Waals surface area (Å²) in [5.41, 5.74) is 1.12. The highest BCUT2D eigenvalue weighted by Crippen LogP contribution is 1.98. The largest absolute Gasteiger partial charge is 0.261 e. The zero-order valence-corrected chi connectivity index (χ0v) is 6.40. The molecule has 1 rings (SSSR count). The van der Waals surface area contributed by atoms with Crippen LogP contribution < -0.4 is 0 Å². The van der Waals surface area contributed by atoms with Crippen LogP contribution in [0.5, 0.6) is 0 Å². The molecule has 0 saturated carbocycles. The molecule has 1 heterocycles. The monoisotopic (exact) mass is 145 g/mol. The molecule has 2 radical (unpaired) electrons. The van der Waals surface area contributed by atoms with Gasteiger partial charge in [-0.1, -0.05) is 18.2 Å². The number of hydrogen-bond acceptors (Lipinski definition) is 1. The second-order valence-corrected chi connectivity index (χ2v) is 2.29. The van der Waals surface area contributed by atoms with E-state index in [1.165, 1.54) is 0 Å². The molecular weight excluding hydrogens is 134 g/mol. The summed E-state index contributed by atoms with van der Waals surface area (Å²) < 4.78 is 0. The predicted molar refractivity (Wildman–Crippen MR) is 46.0 cm³/mol. The second-order valence-electron chi connectivity index (χ2n) is 2.29. The fraction of sp³-hybridized carbons (Fsp3) is 0.200. The minimum absolute atomic E-state index is 0.966. The van der Waals surface area contributed by atoms with Crippen molar-refractivity contribution in [3.8, 4) is 0 Å². The third-order valence-corrected chi connectivity index (χ3v) is 1.43. The van der Waals surface area contributed by atoms with Crippen LogP contribution in [-0.4, -0.2) is 4.98 Å². The quantitative estimate of drug-likeness (QED) is 0.635. The fourth-order valence-corrected chi connectivity index (χ4v) is 0.873. The van der Waals surface area contributed by atoms with E-state index in [1.54, 1.807) is 6.08 Å². The Morgan fingerprint density at radius 1 is 1.45 bits per heavy atom. The summed E-state index contributed by atoms with van der Waals surface area (Å²) >= 11 is 0. The van der Waals surface area contributed by atoms with Crippen molar-refractivity contribution in [3.63, 3.8) is 0 Å². The van der Waals surface area contributed by atoms with Crippen LogP contribution in [0.4, 0.5) is 0 Å². The van der Waals surface area contributed by atoms with Gasteiger partial charge >= 0.3 is 0 Å². The molecule has 0 aliphatic heterocycles. The standard InChI is InChI=1S/C10H11N/c1-2-3-4-7-10-8-5-6-9-11-10/h1-3,5-6,8-9H,4,7H2. The van der Waals surface area contributed by atoms with Crippen molar-refractivity contribution < 1.29 is 0 Å². The Hall–Kier alpha value is -1.11. The van der Waals surface area contributed by atoms with Gasteiger partial charge in [0.25, 0.3) is 0 Å². The molecule has 0 N–H and O–H groups in total. The Labute approximate surface area is 67.8 Å². The summed E-state index contributed by atoms with van der Waals surface area (Å²) in [4.78, 5) is 4.18. The van der Waals surface area contributed by atoms with E-state index in [9.17, 15) is 0 Å². The minimum Gasteiger partial charge on any atom is -0.261 e. The normalized spacial score (nSPS) is 10.6. The van der Waals surface area contributed by atoms with Gasteiger partial charge in [0.05, 0.1) is 0 Å². The maximum absolute atomic E-state index is 5.19. The van der Waals surface area contributed by atoms with E-state index in [1.807, 2.05) is 30.5 Å². The topological polar surface area (TPSA) is 12.9 Å². The number of rotatable bonds is 3. The van der Waals surface area contributed by atoms with Crippen LogP contribution >= 0.6 is 0 Å². The van der Waals surface area contributed by atoms with Crippen molar-refractivity contribution in [2.45, 2.75) is 12.8 Å². The van der Waals surface area contributed by atoms with Gasteiger partial charge in [0.2, 0.25) is 0 Å². The van der Waals surface area contributed by atoms with Crippen LogP contribution in [-0.2, 0) is 6.42 Å². The Morgan fingerprint density at radius 2 is 2.36 bits per heavy atom. The molecule has 11 heavy (non-hydrogen) atoms. The van der Waals surface area contributed by atoms with Crippen LogP contribution in [0, 0.1) is 6.92 Å². The lowest BCUT2D eigenvalue weighted by molar-refractivity contribution is 0.944. The summed E-state index contributed by atoms with van der Waals surface area (Å²) in [6.45, 7) is 5.19. The third-order valence-electron chi connectivity index (χ3n) is 1.43. The average Bonchev–Trinajstić information content (AvgIpc) is 2.07. The van der Waals surface area contributed by atoms with Crippen molar-refractivity contribution in [1.29, 1.82) is 0 Å². The van der Waals surface area contributed by atoms with Crippen LogP contribution in [0.1, 0.15) is 12.1 Å². The van der Waals surface area contributed by atoms with Crippen molar-refractivity contribution in [2.24, 2.45) is 0 Å². The first-order valence-electron chi connectivity index (χ1n) is 3.70. The van der Waals surface area contributed by atoms with E-state index in [4.69, 9.17) is 6.92 Å². The molecule has 0 spiro atoms. The molecule has 0 aliphatic carbocycles. The zero-order valence-electron chi connectivity index (χ0n) is 6.40. The minimum atomic E-state index is 0.966. The van der Waals surface area contributed by atoms with Gasteiger partial charge in [0.15, 0.2) is 0 Å². The maximum atomic E-state index is 5.19. The Bertz CT molecular complexity index is 214. The molecular formula is C10H11N. The van der Waals surface area contributed by atoms with Crippen LogP contribution in [0.2, 0.25) is 0 Å². The lowest BCUT2D eigenvalue weighted by atomic mass is 10.2. The van der Waals surface area contributed by atoms with Gasteiger partial charge in [-0.05, 0) is 31.9 Å². The first kappa shape index (κ1) is 7.99. The molecule has 0 fully saturated rings. The molecule has 0 aromatic carbocycles. The zero-order chi connectivity index (χ0) is 7.94. The number of allylic oxidation sites excluding steroid dienone is 2. The van der Waals surface area contributed by atoms with Crippen LogP contribution in [0.3, 0.4) is 0 Å². The summed E-state index contributed by atoms with van der Waals surface area (Å²) in [6, 6.07) is 5.93. The van der Waals surface area contributed by atoms with Gasteiger partial charge in [-0.2, -0.15) is 0 Å². The van der Waals surface area contributed by atoms with E-state index in [-0.39, 0.29) is 0 Å². The van der Waals surface area contributed by atoms with E-state index >= 15 is 0 Å². The molecule has 1 aromatic heterocycles. The van der Waals surface area contributed by atoms with Crippen molar-refractivity contribution >= 4 is 0 Å². The van der Waals surface area contributed by atoms with Gasteiger partial charge in [-0.15, -0.1) is 0 Å². The van der Waals surface area contributed by atoms with Gasteiger partial charge in [-0.25, -0.2) is 0 Å². The highest BCUT2D eigenvalue weighted by Gasteiger charge is 1.88. The fourth-order valence-electron chi connectivity index (χ4n) is 0.873. The van der Waals surface area contributed by atoms with Crippen LogP contribution in [0.25, 0.3) is 0 Å². The average molecular weight is 145 g/mol. The van der Waals surface area contributed by atoms with Crippen molar-refractivity contribution in [2.75, 3.05) is 0 Å². The molecule has 0 unspecified atom stereocenters. The number of aromatic nitrogens is 1. The van der Waals surface area contributed by atoms with E-state index in [0.29, 0.717) is 0 Å². The lowest BCUT2D eigenvalue weighted by Crippen LogP contribution is -1.85. The Balaban J connectivity index is 2.39. The molecule has 1 heteroatoms. The number of aryl methyl sites for hydroxylation is 1. The lowest BCUT2D eigenvalue weighted by Gasteiger charge is -1.94. The maximum Gasteiger partial charge on any atom is 0.0406 e. The first-order chi connectivity index (χ1) is 5.43. The summed E-state index contributed by atoms with van der Waals surface area (Å²) in [5.74, 6) is 0. The number of nitrogens with zero attached hydrogens (tertiary/aromatic N) is 1. The third kappa shape index (κ3) is 2.99. The molecule has 1 nitrogen and oxygen atoms in total. The van der Waals surface area contributed by atoms with E-state index in [2.05, 4.69) is 4.98 Å². The molecule has 1 aromatic rings. The summed E-state index contributed by atoms with van der Waals surface area (Å²) in [6.07, 6.45) is 7.25. The van der Waals surface area contributed by atoms with E-state index in [0.717, 1.165) is 18.5 Å². The molecule has 0 saturated heterocycles. The smallest absolute Gasteiger partial charge is 0.0406 e. The van der Waals surface area contributed by atoms with Gasteiger partial charge in [0.1, 0.15) is 0 Å². The number of pyridine rings is 1. The van der Waals surface area contributed by atoms with Crippen molar-refractivity contribution in [1.82, 2.24) is 4.98 Å². The van der Waals surface area contributed by atoms with Crippen molar-refractivity contribution in [3.05, 3.63) is 49.2 Å². The Kier molecular flexibility index (Phi) is 3.39. The highest BCUT2D eigenvalue weighted by atomic mass is 14.7. The summed E-state index contributed by atoms with van der Waals surface area (Å²) in [7, 11) is 0. The van der Waals surface area contributed by atoms with E-state index < -0.39 is 0 Å². The Morgan fingerprint density at radius 3 is 3.00 bits per heavy atom. The molecule has 0 atom stereocenters. The molecule has 0 amide bonds. The highest BCUT2D eigenvalue weighted by molar-refractivity contribution is 5.04. The molecule has 0 bridgehead atoms. The first-order valence-corrected chi connectivity index (χ1v) is 3.70. The number of hydrogen-bond donors (Lipinski definition) is 0. The second kappa shape index (κ2) is 4.67. The van der Waals surface area contributed by atoms with Gasteiger partial charge in [-0.3, -0.25) is 4.98 Å². The SMILES string of the molecule is [CH]C=CCCc1ccccn1.